The summed E-state index contributed by atoms with van der Waals surface area (Å²) in [5.41, 5.74) is 3.46. The summed E-state index contributed by atoms with van der Waals surface area (Å²) in [6.07, 6.45) is 9.11. The molecule has 3 aliphatic rings. The van der Waals surface area contributed by atoms with E-state index in [0.29, 0.717) is 41.6 Å². The van der Waals surface area contributed by atoms with Crippen LogP contribution in [-0.2, 0) is 6.42 Å². The van der Waals surface area contributed by atoms with Gasteiger partial charge in [0.15, 0.2) is 6.23 Å². The molecule has 0 radical (unpaired) electrons. The van der Waals surface area contributed by atoms with Crippen LogP contribution in [0.3, 0.4) is 0 Å². The van der Waals surface area contributed by atoms with Gasteiger partial charge in [-0.2, -0.15) is 13.2 Å². The molecule has 7 heteroatoms. The molecule has 4 rings (SSSR count). The van der Waals surface area contributed by atoms with Gasteiger partial charge in [-0.05, 0) is 85.6 Å². The van der Waals surface area contributed by atoms with E-state index in [1.54, 1.807) is 6.07 Å². The molecule has 1 saturated carbocycles. The number of alkyl halides is 3. The molecule has 0 amide bonds. The third kappa shape index (κ3) is 6.86. The van der Waals surface area contributed by atoms with Crippen molar-refractivity contribution in [2.45, 2.75) is 77.6 Å². The predicted octanol–water partition coefficient (Wildman–Crippen LogP) is 6.95. The van der Waals surface area contributed by atoms with Crippen LogP contribution in [-0.4, -0.2) is 34.9 Å². The van der Waals surface area contributed by atoms with Gasteiger partial charge < -0.3 is 15.5 Å². The summed E-state index contributed by atoms with van der Waals surface area (Å²) < 4.78 is 40.6. The number of nitrogens with one attached hydrogen (secondary N) is 1. The first kappa shape index (κ1) is 27.5. The van der Waals surface area contributed by atoms with Gasteiger partial charge in [-0.3, -0.25) is 4.99 Å². The van der Waals surface area contributed by atoms with Gasteiger partial charge in [0.2, 0.25) is 0 Å². The molecule has 37 heavy (non-hydrogen) atoms. The number of fused-ring (bicyclic) bond motifs is 1. The number of rotatable bonds is 9. The van der Waals surface area contributed by atoms with E-state index in [2.05, 4.69) is 36.3 Å². The van der Waals surface area contributed by atoms with Gasteiger partial charge >= 0.3 is 6.18 Å². The molecular weight excluding hydrogens is 477 g/mol. The van der Waals surface area contributed by atoms with Gasteiger partial charge in [-0.1, -0.05) is 51.0 Å². The molecule has 0 aliphatic heterocycles. The third-order valence-electron chi connectivity index (χ3n) is 8.02. The zero-order chi connectivity index (χ0) is 26.6. The molecule has 5 atom stereocenters. The number of allylic oxidation sites excluding steroid dienone is 3. The Balaban J connectivity index is 1.40. The quantitative estimate of drug-likeness (QED) is 0.333. The van der Waals surface area contributed by atoms with Crippen LogP contribution in [0.1, 0.15) is 69.9 Å². The van der Waals surface area contributed by atoms with Crippen molar-refractivity contribution in [3.63, 3.8) is 0 Å². The normalized spacial score (nSPS) is 26.4. The lowest BCUT2D eigenvalue weighted by atomic mass is 9.85. The Hall–Kier alpha value is -2.54. The lowest BCUT2D eigenvalue weighted by Gasteiger charge is -2.29. The van der Waals surface area contributed by atoms with Crippen molar-refractivity contribution in [1.82, 2.24) is 5.32 Å². The van der Waals surface area contributed by atoms with Crippen molar-refractivity contribution in [2.24, 2.45) is 28.7 Å². The maximum atomic E-state index is 13.5. The molecule has 4 nitrogen and oxygen atoms in total. The first-order chi connectivity index (χ1) is 17.7. The van der Waals surface area contributed by atoms with Gasteiger partial charge in [-0.15, -0.1) is 0 Å². The first-order valence-corrected chi connectivity index (χ1v) is 13.7. The van der Waals surface area contributed by atoms with Gasteiger partial charge in [0.05, 0.1) is 5.92 Å². The van der Waals surface area contributed by atoms with Crippen LogP contribution >= 0.6 is 0 Å². The molecule has 0 heterocycles. The minimum Gasteiger partial charge on any atom is -0.508 e. The summed E-state index contributed by atoms with van der Waals surface area (Å²) in [5.74, 6) is -0.365. The molecule has 0 aromatic heterocycles. The highest BCUT2D eigenvalue weighted by molar-refractivity contribution is 5.85. The Labute approximate surface area is 218 Å². The number of hydrogen-bond acceptors (Lipinski definition) is 4. The van der Waals surface area contributed by atoms with E-state index in [4.69, 9.17) is 0 Å². The SMILES string of the molecule is CCCC(CC)C1C=CC(C(O)N=C2CCCC(CNC3=CC(C(F)(F)F)Cc4ccc(O)cc43)C2)=C1. The number of nitrogens with zero attached hydrogens (tertiary/aromatic N) is 1. The van der Waals surface area contributed by atoms with E-state index in [1.165, 1.54) is 24.6 Å². The van der Waals surface area contributed by atoms with Crippen molar-refractivity contribution in [2.75, 3.05) is 6.54 Å². The molecule has 5 unspecified atom stereocenters. The molecule has 0 bridgehead atoms. The fraction of sp³-hybridized carbons (Fsp3) is 0.567. The van der Waals surface area contributed by atoms with Gasteiger partial charge in [-0.25, -0.2) is 0 Å². The van der Waals surface area contributed by atoms with Crippen LogP contribution in [0.25, 0.3) is 5.70 Å². The van der Waals surface area contributed by atoms with Crippen molar-refractivity contribution in [1.29, 1.82) is 0 Å². The van der Waals surface area contributed by atoms with Crippen molar-refractivity contribution < 1.29 is 23.4 Å². The lowest BCUT2D eigenvalue weighted by molar-refractivity contribution is -0.160. The Morgan fingerprint density at radius 1 is 1.16 bits per heavy atom. The summed E-state index contributed by atoms with van der Waals surface area (Å²) in [6.45, 7) is 4.92. The molecular formula is C30H39F3N2O2. The van der Waals surface area contributed by atoms with Crippen molar-refractivity contribution in [3.8, 4) is 5.75 Å². The number of phenols is 1. The highest BCUT2D eigenvalue weighted by Crippen LogP contribution is 2.38. The van der Waals surface area contributed by atoms with Crippen LogP contribution in [0.5, 0.6) is 5.75 Å². The number of hydrogen-bond donors (Lipinski definition) is 3. The fourth-order valence-electron chi connectivity index (χ4n) is 5.93. The summed E-state index contributed by atoms with van der Waals surface area (Å²) in [6, 6.07) is 4.55. The van der Waals surface area contributed by atoms with Crippen LogP contribution < -0.4 is 5.32 Å². The van der Waals surface area contributed by atoms with Gasteiger partial charge in [0, 0.05) is 23.5 Å². The molecule has 1 aromatic carbocycles. The van der Waals surface area contributed by atoms with E-state index in [9.17, 15) is 23.4 Å². The third-order valence-corrected chi connectivity index (χ3v) is 8.02. The number of aliphatic imine (C=N–C) groups is 1. The smallest absolute Gasteiger partial charge is 0.395 e. The predicted molar refractivity (Wildman–Crippen MR) is 142 cm³/mol. The molecule has 3 N–H and O–H groups in total. The van der Waals surface area contributed by atoms with Gasteiger partial charge in [0.25, 0.3) is 0 Å². The highest BCUT2D eigenvalue weighted by atomic mass is 19.4. The maximum Gasteiger partial charge on any atom is 0.395 e. The topological polar surface area (TPSA) is 64.9 Å². The minimum absolute atomic E-state index is 0.0374. The Morgan fingerprint density at radius 2 is 1.97 bits per heavy atom. The van der Waals surface area contributed by atoms with Crippen molar-refractivity contribution >= 4 is 11.4 Å². The number of aromatic hydroxyl groups is 1. The summed E-state index contributed by atoms with van der Waals surface area (Å²) in [4.78, 5) is 4.65. The Bertz CT molecular complexity index is 1070. The molecule has 3 aliphatic carbocycles. The first-order valence-electron chi connectivity index (χ1n) is 13.7. The largest absolute Gasteiger partial charge is 0.508 e. The van der Waals surface area contributed by atoms with Crippen LogP contribution in [0, 0.1) is 23.7 Å². The number of phenolic OH excluding ortho intramolecular Hbond substituents is 1. The second-order valence-corrected chi connectivity index (χ2v) is 10.7. The van der Waals surface area contributed by atoms with E-state index >= 15 is 0 Å². The number of aliphatic hydroxyl groups is 1. The lowest BCUT2D eigenvalue weighted by Crippen LogP contribution is -2.31. The summed E-state index contributed by atoms with van der Waals surface area (Å²) in [5, 5.41) is 24.0. The highest BCUT2D eigenvalue weighted by Gasteiger charge is 2.40. The molecule has 0 saturated heterocycles. The monoisotopic (exact) mass is 516 g/mol. The Morgan fingerprint density at radius 3 is 2.70 bits per heavy atom. The zero-order valence-corrected chi connectivity index (χ0v) is 21.8. The molecule has 0 spiro atoms. The van der Waals surface area contributed by atoms with Crippen LogP contribution in [0.15, 0.2) is 53.1 Å². The minimum atomic E-state index is -4.32. The van der Waals surface area contributed by atoms with Gasteiger partial charge in [0.1, 0.15) is 5.75 Å². The second kappa shape index (κ2) is 11.9. The number of halogens is 3. The second-order valence-electron chi connectivity index (χ2n) is 10.7. The van der Waals surface area contributed by atoms with E-state index in [1.807, 2.05) is 6.08 Å². The van der Waals surface area contributed by atoms with E-state index in [0.717, 1.165) is 43.4 Å². The average Bonchev–Trinajstić information content (AvgIpc) is 3.36. The molecule has 202 valence electrons. The average molecular weight is 517 g/mol. The van der Waals surface area contributed by atoms with E-state index in [-0.39, 0.29) is 18.1 Å². The molecule has 1 fully saturated rings. The fourth-order valence-corrected chi connectivity index (χ4v) is 5.93. The zero-order valence-electron chi connectivity index (χ0n) is 21.8. The summed E-state index contributed by atoms with van der Waals surface area (Å²) in [7, 11) is 0. The number of benzene rings is 1. The number of aliphatic hydroxyl groups excluding tert-OH is 1. The van der Waals surface area contributed by atoms with Crippen molar-refractivity contribution in [3.05, 3.63) is 59.2 Å². The Kier molecular flexibility index (Phi) is 8.83. The van der Waals surface area contributed by atoms with E-state index < -0.39 is 18.3 Å². The maximum absolute atomic E-state index is 13.5. The molecule has 1 aromatic rings. The van der Waals surface area contributed by atoms with Crippen LogP contribution in [0.4, 0.5) is 13.2 Å². The van der Waals surface area contributed by atoms with Crippen LogP contribution in [0.2, 0.25) is 0 Å². The standard InChI is InChI=1S/C30H39F3N2O2/c1-3-6-20(4-2)21-9-10-23(14-21)29(37)35-25-8-5-7-19(13-25)18-34-28-16-24(30(31,32)33)15-22-11-12-26(36)17-27(22)28/h9-12,14,16-17,19-21,24,29,34,36-37H,3-8,13,15,18H2,1-2H3. The summed E-state index contributed by atoms with van der Waals surface area (Å²) >= 11 is 0.